The zero-order valence-electron chi connectivity index (χ0n) is 47.4. The molecule has 0 aliphatic carbocycles. The van der Waals surface area contributed by atoms with Crippen molar-refractivity contribution in [3.05, 3.63) is 65.7 Å². The number of rotatable bonds is 30. The van der Waals surface area contributed by atoms with Crippen LogP contribution in [0.3, 0.4) is 0 Å². The fourth-order valence-electron chi connectivity index (χ4n) is 9.26. The highest BCUT2D eigenvalue weighted by molar-refractivity contribution is 5.95. The molecule has 7 amide bonds. The van der Waals surface area contributed by atoms with Crippen LogP contribution < -0.4 is 26.6 Å². The third kappa shape index (κ3) is 19.7. The second-order valence-corrected chi connectivity index (χ2v) is 21.5. The van der Waals surface area contributed by atoms with Crippen LogP contribution in [0.1, 0.15) is 98.6 Å². The van der Waals surface area contributed by atoms with Crippen LogP contribution in [0, 0.1) is 23.7 Å². The van der Waals surface area contributed by atoms with E-state index in [-0.39, 0.29) is 36.8 Å². The van der Waals surface area contributed by atoms with Gasteiger partial charge in [0.05, 0.1) is 38.8 Å². The number of aliphatic hydroxyl groups excluding tert-OH is 2. The van der Waals surface area contributed by atoms with E-state index in [2.05, 4.69) is 26.6 Å². The van der Waals surface area contributed by atoms with Gasteiger partial charge in [0.15, 0.2) is 6.10 Å². The highest BCUT2D eigenvalue weighted by Gasteiger charge is 2.41. The molecule has 10 atom stereocenters. The van der Waals surface area contributed by atoms with Gasteiger partial charge in [-0.25, -0.2) is 4.79 Å². The van der Waals surface area contributed by atoms with E-state index >= 15 is 0 Å². The molecule has 1 aliphatic rings. The average molecular weight is 1100 g/mol. The van der Waals surface area contributed by atoms with Crippen molar-refractivity contribution in [2.45, 2.75) is 155 Å². The molecule has 8 N–H and O–H groups in total. The summed E-state index contributed by atoms with van der Waals surface area (Å²) in [5.41, 5.74) is 1.26. The van der Waals surface area contributed by atoms with Gasteiger partial charge in [-0.2, -0.15) is 0 Å². The largest absolute Gasteiger partial charge is 0.508 e. The summed E-state index contributed by atoms with van der Waals surface area (Å²) in [6, 6.07) is 7.06. The molecule has 22 heteroatoms. The number of ether oxygens (including phenoxy) is 2. The molecule has 1 heterocycles. The Bertz CT molecular complexity index is 2320. The van der Waals surface area contributed by atoms with Crippen LogP contribution in [0.5, 0.6) is 5.75 Å². The van der Waals surface area contributed by atoms with E-state index in [1.54, 1.807) is 58.8 Å². The molecule has 0 aromatic heterocycles. The van der Waals surface area contributed by atoms with Crippen molar-refractivity contribution in [1.29, 1.82) is 0 Å². The van der Waals surface area contributed by atoms with Crippen molar-refractivity contribution in [1.82, 2.24) is 41.3 Å². The Morgan fingerprint density at radius 2 is 1.36 bits per heavy atom. The van der Waals surface area contributed by atoms with Crippen LogP contribution >= 0.6 is 0 Å². The molecular weight excluding hydrogens is 1010 g/mol. The van der Waals surface area contributed by atoms with Crippen molar-refractivity contribution >= 4 is 53.3 Å². The fourth-order valence-corrected chi connectivity index (χ4v) is 9.26. The lowest BCUT2D eigenvalue weighted by atomic mass is 9.96. The first-order valence-corrected chi connectivity index (χ1v) is 26.8. The van der Waals surface area contributed by atoms with Crippen LogP contribution in [-0.4, -0.2) is 186 Å². The number of benzene rings is 2. The van der Waals surface area contributed by atoms with Gasteiger partial charge in [0.2, 0.25) is 35.4 Å². The Kier molecular flexibility index (Phi) is 26.7. The summed E-state index contributed by atoms with van der Waals surface area (Å²) < 4.78 is 10.7. The van der Waals surface area contributed by atoms with E-state index in [0.29, 0.717) is 31.4 Å². The first kappa shape index (κ1) is 65.6. The Hall–Kier alpha value is -6.65. The number of esters is 2. The maximum absolute atomic E-state index is 14.1. The molecule has 10 unspecified atom stereocenters. The molecule has 0 radical (unpaired) electrons. The van der Waals surface area contributed by atoms with Gasteiger partial charge in [-0.15, -0.1) is 0 Å². The summed E-state index contributed by atoms with van der Waals surface area (Å²) in [6.45, 7) is 13.0. The summed E-state index contributed by atoms with van der Waals surface area (Å²) in [5.74, 6) is -7.71. The van der Waals surface area contributed by atoms with E-state index in [0.717, 1.165) is 5.56 Å². The Balaban J connectivity index is 1.74. The number of nitrogens with zero attached hydrogens (tertiary/aromatic N) is 3. The maximum atomic E-state index is 14.1. The third-order valence-electron chi connectivity index (χ3n) is 13.9. The van der Waals surface area contributed by atoms with Gasteiger partial charge >= 0.3 is 11.9 Å². The number of phenolic OH excluding ortho intramolecular Hbond substituents is 1. The monoisotopic (exact) mass is 1090 g/mol. The minimum absolute atomic E-state index is 0.0473. The number of phenols is 1. The van der Waals surface area contributed by atoms with Crippen LogP contribution in [-0.2, 0) is 65.5 Å². The standard InChI is InChI=1S/C56H86N8O14/c1-13-35(8)48(62(9)10)56(76)78-49(34(6)7)53(73)59-40(27-37-21-23-38(66)24-22-37)50(70)60-41(31-65)51(71)58-39(26-32(2)3)44(67)29-45(68)61-47(33(4)5)52(72)57-30-46(69)63(11)43(28-36-18-15-14-16-19-36)54(74)64-25-17-20-42(64)55(75)77-12/h14-16,18-19,21-24,32-35,39-44,47-49,65-67H,13,17,20,25-31H2,1-12H3,(H,57,72)(H,58,71)(H,59,73)(H,60,70)(H,61,68). The Labute approximate surface area is 459 Å². The molecular formula is C56H86N8O14. The number of carbonyl (C=O) groups is 9. The lowest BCUT2D eigenvalue weighted by Crippen LogP contribution is -2.59. The maximum Gasteiger partial charge on any atom is 0.328 e. The number of nitrogens with one attached hydrogen (secondary N) is 5. The molecule has 0 saturated carbocycles. The van der Waals surface area contributed by atoms with Gasteiger partial charge in [0.1, 0.15) is 42.0 Å². The molecule has 78 heavy (non-hydrogen) atoms. The zero-order chi connectivity index (χ0) is 58.6. The quantitative estimate of drug-likeness (QED) is 0.0511. The first-order chi connectivity index (χ1) is 36.7. The number of amides is 7. The van der Waals surface area contributed by atoms with Gasteiger partial charge in [0.25, 0.3) is 5.91 Å². The second kappa shape index (κ2) is 31.7. The molecule has 434 valence electrons. The fraction of sp³-hybridized carbons (Fsp3) is 0.625. The Morgan fingerprint density at radius 3 is 1.91 bits per heavy atom. The molecule has 0 bridgehead atoms. The molecule has 2 aromatic rings. The molecule has 1 aliphatic heterocycles. The summed E-state index contributed by atoms with van der Waals surface area (Å²) in [6.07, 6.45) is -1.72. The number of likely N-dealkylation sites (tertiary alicyclic amines) is 1. The van der Waals surface area contributed by atoms with E-state index in [9.17, 15) is 58.5 Å². The predicted molar refractivity (Wildman–Crippen MR) is 290 cm³/mol. The number of likely N-dealkylation sites (N-methyl/N-ethyl adjacent to an activating group) is 2. The molecule has 0 spiro atoms. The highest BCUT2D eigenvalue weighted by atomic mass is 16.6. The average Bonchev–Trinajstić information content (AvgIpc) is 3.89. The minimum atomic E-state index is -1.62. The van der Waals surface area contributed by atoms with Crippen LogP contribution in [0.4, 0.5) is 0 Å². The van der Waals surface area contributed by atoms with E-state index in [4.69, 9.17) is 9.47 Å². The van der Waals surface area contributed by atoms with Crippen LogP contribution in [0.15, 0.2) is 54.6 Å². The van der Waals surface area contributed by atoms with E-state index in [1.165, 1.54) is 48.2 Å². The van der Waals surface area contributed by atoms with Gasteiger partial charge in [-0.3, -0.25) is 43.3 Å². The number of aliphatic hydroxyl groups is 2. The molecule has 22 nitrogen and oxygen atoms in total. The summed E-state index contributed by atoms with van der Waals surface area (Å²) in [5, 5.41) is 44.8. The lowest BCUT2D eigenvalue weighted by molar-refractivity contribution is -0.165. The van der Waals surface area contributed by atoms with Gasteiger partial charge in [-0.1, -0.05) is 104 Å². The molecule has 1 saturated heterocycles. The summed E-state index contributed by atoms with van der Waals surface area (Å²) >= 11 is 0. The van der Waals surface area contributed by atoms with Gasteiger partial charge in [0, 0.05) is 26.4 Å². The number of hydrogen-bond donors (Lipinski definition) is 8. The van der Waals surface area contributed by atoms with Crippen LogP contribution in [0.25, 0.3) is 0 Å². The lowest BCUT2D eigenvalue weighted by Gasteiger charge is -2.33. The van der Waals surface area contributed by atoms with E-state index < -0.39 is 139 Å². The van der Waals surface area contributed by atoms with Gasteiger partial charge < -0.3 is 61.2 Å². The number of hydrogen-bond acceptors (Lipinski definition) is 15. The predicted octanol–water partition coefficient (Wildman–Crippen LogP) is 1.21. The zero-order valence-corrected chi connectivity index (χ0v) is 47.4. The van der Waals surface area contributed by atoms with Crippen molar-refractivity contribution in [3.8, 4) is 5.75 Å². The van der Waals surface area contributed by atoms with Crippen molar-refractivity contribution in [2.75, 3.05) is 47.9 Å². The van der Waals surface area contributed by atoms with Crippen molar-refractivity contribution in [3.63, 3.8) is 0 Å². The molecule has 3 rings (SSSR count). The topological polar surface area (TPSA) is 303 Å². The van der Waals surface area contributed by atoms with Gasteiger partial charge in [-0.05, 0) is 80.3 Å². The number of methoxy groups -OCH3 is 1. The minimum Gasteiger partial charge on any atom is -0.508 e. The number of aromatic hydroxyl groups is 1. The van der Waals surface area contributed by atoms with Crippen molar-refractivity contribution < 1.29 is 67.9 Å². The Morgan fingerprint density at radius 1 is 0.756 bits per heavy atom. The summed E-state index contributed by atoms with van der Waals surface area (Å²) in [4.78, 5) is 127. The second-order valence-electron chi connectivity index (χ2n) is 21.5. The third-order valence-corrected chi connectivity index (χ3v) is 13.9. The highest BCUT2D eigenvalue weighted by Crippen LogP contribution is 2.23. The number of carbonyl (C=O) groups excluding carboxylic acids is 9. The first-order valence-electron chi connectivity index (χ1n) is 26.8. The summed E-state index contributed by atoms with van der Waals surface area (Å²) in [7, 11) is 6.14. The van der Waals surface area contributed by atoms with E-state index in [1.807, 2.05) is 45.9 Å². The molecule has 1 fully saturated rings. The van der Waals surface area contributed by atoms with Crippen molar-refractivity contribution in [2.24, 2.45) is 23.7 Å². The SMILES string of the molecule is CCC(C)C(C(=O)OC(C(=O)NC(Cc1ccc(O)cc1)C(=O)NC(CO)C(=O)NC(CC(C)C)C(O)CC(=O)NC(C(=O)NCC(=O)N(C)C(Cc1ccccc1)C(=O)N1CCCC1C(=O)OC)C(C)C)C(C)C)N(C)C. The van der Waals surface area contributed by atoms with Crippen LogP contribution in [0.2, 0.25) is 0 Å². The normalized spacial score (nSPS) is 16.9. The molecule has 2 aromatic carbocycles. The smallest absolute Gasteiger partial charge is 0.328 e.